The molecule has 1 aromatic heterocycles. The molecule has 2 heterocycles. The van der Waals surface area contributed by atoms with Crippen LogP contribution in [0.1, 0.15) is 83.7 Å². The average molecular weight is 587 g/mol. The van der Waals surface area contributed by atoms with E-state index < -0.39 is 35.7 Å². The number of carbonyl (C=O) groups is 3. The van der Waals surface area contributed by atoms with E-state index in [4.69, 9.17) is 0 Å². The SMILES string of the molecule is Cc1ncsc1-c1ccc([C@H](C)NC(=O)[C@@H]2C[C@@H](O)CN2C(=O)[C@@H](NC(=O)C2(F)CC2)C(C)C)c(CC(C)(C)C)c1. The fourth-order valence-corrected chi connectivity index (χ4v) is 6.27. The van der Waals surface area contributed by atoms with Gasteiger partial charge in [0.25, 0.3) is 5.91 Å². The van der Waals surface area contributed by atoms with Crippen LogP contribution >= 0.6 is 11.3 Å². The molecule has 224 valence electrons. The topological polar surface area (TPSA) is 112 Å². The number of thiazole rings is 1. The highest BCUT2D eigenvalue weighted by atomic mass is 32.1. The van der Waals surface area contributed by atoms with Gasteiger partial charge in [0.1, 0.15) is 12.1 Å². The standard InChI is InChI=1S/C31H43FN4O4S/c1-17(2)25(35-29(40)31(32)10-11-31)28(39)36-15-22(37)13-24(36)27(38)34-18(3)23-9-8-20(26-19(4)33-16-41-26)12-21(23)14-30(5,6)7/h8-9,12,16-18,22,24-25,37H,10-11,13-15H2,1-7H3,(H,34,38)(H,35,40)/t18-,22+,24-,25-/m0/s1. The molecule has 1 saturated heterocycles. The lowest BCUT2D eigenvalue weighted by Gasteiger charge is -2.31. The highest BCUT2D eigenvalue weighted by molar-refractivity contribution is 7.13. The maximum atomic E-state index is 14.3. The summed E-state index contributed by atoms with van der Waals surface area (Å²) in [6, 6.07) is 4.02. The largest absolute Gasteiger partial charge is 0.391 e. The lowest BCUT2D eigenvalue weighted by molar-refractivity contribution is -0.143. The van der Waals surface area contributed by atoms with Crippen molar-refractivity contribution in [3.63, 3.8) is 0 Å². The number of β-amino-alcohol motifs (C(OH)–C–C–N with tert-alkyl or cyclic N) is 1. The molecule has 0 bridgehead atoms. The van der Waals surface area contributed by atoms with Crippen LogP contribution in [0.15, 0.2) is 23.7 Å². The molecule has 0 radical (unpaired) electrons. The summed E-state index contributed by atoms with van der Waals surface area (Å²) in [6.07, 6.45) is 0.306. The zero-order chi connectivity index (χ0) is 30.3. The summed E-state index contributed by atoms with van der Waals surface area (Å²) >= 11 is 1.60. The maximum absolute atomic E-state index is 14.3. The van der Waals surface area contributed by atoms with E-state index in [-0.39, 0.29) is 49.1 Å². The molecule has 4 rings (SSSR count). The van der Waals surface area contributed by atoms with Crippen molar-refractivity contribution in [2.75, 3.05) is 6.54 Å². The van der Waals surface area contributed by atoms with Crippen LogP contribution in [0.3, 0.4) is 0 Å². The predicted molar refractivity (Wildman–Crippen MR) is 158 cm³/mol. The second-order valence-corrected chi connectivity index (χ2v) is 14.1. The van der Waals surface area contributed by atoms with Crippen LogP contribution in [0.2, 0.25) is 0 Å². The van der Waals surface area contributed by atoms with E-state index in [0.717, 1.165) is 33.7 Å². The van der Waals surface area contributed by atoms with Gasteiger partial charge in [-0.2, -0.15) is 0 Å². The third kappa shape index (κ3) is 7.15. The van der Waals surface area contributed by atoms with Gasteiger partial charge in [-0.1, -0.05) is 46.8 Å². The number of alkyl halides is 1. The summed E-state index contributed by atoms with van der Waals surface area (Å²) in [6.45, 7) is 13.9. The zero-order valence-electron chi connectivity index (χ0n) is 25.1. The van der Waals surface area contributed by atoms with E-state index in [9.17, 15) is 23.9 Å². The van der Waals surface area contributed by atoms with Gasteiger partial charge in [0.2, 0.25) is 11.8 Å². The molecule has 2 aromatic rings. The molecule has 41 heavy (non-hydrogen) atoms. The number of amides is 3. The molecule has 4 atom stereocenters. The van der Waals surface area contributed by atoms with E-state index >= 15 is 0 Å². The van der Waals surface area contributed by atoms with Crippen molar-refractivity contribution in [3.05, 3.63) is 40.5 Å². The Morgan fingerprint density at radius 1 is 1.20 bits per heavy atom. The van der Waals surface area contributed by atoms with E-state index in [1.165, 1.54) is 4.90 Å². The third-order valence-electron chi connectivity index (χ3n) is 7.88. The van der Waals surface area contributed by atoms with Crippen LogP contribution in [0.4, 0.5) is 4.39 Å². The van der Waals surface area contributed by atoms with Gasteiger partial charge in [0, 0.05) is 13.0 Å². The highest BCUT2D eigenvalue weighted by Gasteiger charge is 2.52. The normalized spacial score (nSPS) is 21.5. The number of nitrogens with zero attached hydrogens (tertiary/aromatic N) is 2. The number of aryl methyl sites for hydroxylation is 1. The number of rotatable bonds is 9. The average Bonchev–Trinajstić information content (AvgIpc) is 3.28. The molecule has 1 aliphatic heterocycles. The van der Waals surface area contributed by atoms with Crippen LogP contribution in [-0.4, -0.2) is 63.1 Å². The maximum Gasteiger partial charge on any atom is 0.258 e. The van der Waals surface area contributed by atoms with Crippen molar-refractivity contribution in [2.45, 2.75) is 104 Å². The summed E-state index contributed by atoms with van der Waals surface area (Å²) in [7, 11) is 0. The molecule has 3 N–H and O–H groups in total. The Kier molecular flexibility index (Phi) is 8.95. The predicted octanol–water partition coefficient (Wildman–Crippen LogP) is 4.49. The second-order valence-electron chi connectivity index (χ2n) is 13.2. The number of nitrogens with one attached hydrogen (secondary N) is 2. The number of aliphatic hydroxyl groups excluding tert-OH is 1. The van der Waals surface area contributed by atoms with Crippen molar-refractivity contribution < 1.29 is 23.9 Å². The number of aliphatic hydroxyl groups is 1. The fourth-order valence-electron chi connectivity index (χ4n) is 5.47. The summed E-state index contributed by atoms with van der Waals surface area (Å²) < 4.78 is 14.3. The number of benzene rings is 1. The molecule has 0 unspecified atom stereocenters. The summed E-state index contributed by atoms with van der Waals surface area (Å²) in [5, 5.41) is 16.1. The molecule has 0 spiro atoms. The first kappa shape index (κ1) is 31.1. The quantitative estimate of drug-likeness (QED) is 0.401. The summed E-state index contributed by atoms with van der Waals surface area (Å²) in [5.74, 6) is -1.97. The van der Waals surface area contributed by atoms with Gasteiger partial charge in [0.05, 0.1) is 28.2 Å². The van der Waals surface area contributed by atoms with Gasteiger partial charge >= 0.3 is 0 Å². The van der Waals surface area contributed by atoms with Crippen molar-refractivity contribution in [3.8, 4) is 10.4 Å². The molecule has 1 aromatic carbocycles. The number of aromatic nitrogens is 1. The number of likely N-dealkylation sites (tertiary alicyclic amines) is 1. The molecule has 10 heteroatoms. The Bertz CT molecular complexity index is 1300. The van der Waals surface area contributed by atoms with Crippen LogP contribution in [0.5, 0.6) is 0 Å². The Hall–Kier alpha value is -2.85. The molecular weight excluding hydrogens is 543 g/mol. The number of halogens is 1. The molecule has 3 amide bonds. The van der Waals surface area contributed by atoms with Crippen LogP contribution < -0.4 is 10.6 Å². The Morgan fingerprint density at radius 2 is 1.88 bits per heavy atom. The van der Waals surface area contributed by atoms with E-state index in [1.54, 1.807) is 25.2 Å². The first-order valence-corrected chi connectivity index (χ1v) is 15.3. The Labute approximate surface area is 246 Å². The summed E-state index contributed by atoms with van der Waals surface area (Å²) in [4.78, 5) is 46.4. The molecule has 2 aliphatic rings. The highest BCUT2D eigenvalue weighted by Crippen LogP contribution is 2.40. The van der Waals surface area contributed by atoms with Gasteiger partial charge in [-0.15, -0.1) is 11.3 Å². The minimum Gasteiger partial charge on any atom is -0.391 e. The van der Waals surface area contributed by atoms with Crippen molar-refractivity contribution in [1.29, 1.82) is 0 Å². The smallest absolute Gasteiger partial charge is 0.258 e. The first-order valence-electron chi connectivity index (χ1n) is 14.4. The Balaban J connectivity index is 1.54. The minimum atomic E-state index is -1.91. The second kappa shape index (κ2) is 11.8. The van der Waals surface area contributed by atoms with Gasteiger partial charge in [-0.25, -0.2) is 9.37 Å². The zero-order valence-corrected chi connectivity index (χ0v) is 25.9. The lowest BCUT2D eigenvalue weighted by Crippen LogP contribution is -2.56. The molecular formula is C31H43FN4O4S. The number of carbonyl (C=O) groups excluding carboxylic acids is 3. The molecule has 2 fully saturated rings. The lowest BCUT2D eigenvalue weighted by atomic mass is 9.84. The van der Waals surface area contributed by atoms with Crippen LogP contribution in [-0.2, 0) is 20.8 Å². The molecule has 8 nitrogen and oxygen atoms in total. The monoisotopic (exact) mass is 586 g/mol. The first-order chi connectivity index (χ1) is 19.1. The number of hydrogen-bond donors (Lipinski definition) is 3. The van der Waals surface area contributed by atoms with Crippen molar-refractivity contribution in [2.24, 2.45) is 11.3 Å². The van der Waals surface area contributed by atoms with Crippen LogP contribution in [0.25, 0.3) is 10.4 Å². The molecule has 1 saturated carbocycles. The molecule has 1 aliphatic carbocycles. The van der Waals surface area contributed by atoms with Crippen molar-refractivity contribution >= 4 is 29.1 Å². The van der Waals surface area contributed by atoms with E-state index in [2.05, 4.69) is 42.5 Å². The van der Waals surface area contributed by atoms with Gasteiger partial charge in [-0.05, 0) is 67.2 Å². The van der Waals surface area contributed by atoms with E-state index in [1.807, 2.05) is 31.5 Å². The van der Waals surface area contributed by atoms with Gasteiger partial charge in [0.15, 0.2) is 5.67 Å². The Morgan fingerprint density at radius 3 is 2.44 bits per heavy atom. The third-order valence-corrected chi connectivity index (χ3v) is 8.85. The van der Waals surface area contributed by atoms with E-state index in [0.29, 0.717) is 0 Å². The minimum absolute atomic E-state index is 0.00751. The van der Waals surface area contributed by atoms with Gasteiger partial charge in [-0.3, -0.25) is 14.4 Å². The summed E-state index contributed by atoms with van der Waals surface area (Å²) in [5.41, 5.74) is 4.11. The van der Waals surface area contributed by atoms with Crippen molar-refractivity contribution in [1.82, 2.24) is 20.5 Å². The number of hydrogen-bond acceptors (Lipinski definition) is 6. The van der Waals surface area contributed by atoms with Crippen LogP contribution in [0, 0.1) is 18.3 Å². The van der Waals surface area contributed by atoms with Gasteiger partial charge < -0.3 is 20.6 Å². The fraction of sp³-hybridized carbons (Fsp3) is 0.613.